The first-order valence-electron chi connectivity index (χ1n) is 4.83. The molecule has 0 atom stereocenters. The summed E-state index contributed by atoms with van der Waals surface area (Å²) in [6.45, 7) is -1.79. The highest BCUT2D eigenvalue weighted by Crippen LogP contribution is 2.29. The van der Waals surface area contributed by atoms with Crippen LogP contribution in [-0.2, 0) is 9.47 Å². The lowest BCUT2D eigenvalue weighted by atomic mass is 9.79. The Morgan fingerprint density at radius 3 is 2.07 bits per heavy atom. The van der Waals surface area contributed by atoms with Crippen molar-refractivity contribution in [1.29, 1.82) is 0 Å². The molecule has 0 spiro atoms. The van der Waals surface area contributed by atoms with E-state index in [2.05, 4.69) is 0 Å². The van der Waals surface area contributed by atoms with Gasteiger partial charge in [-0.1, -0.05) is 6.32 Å². The highest BCUT2D eigenvalue weighted by atomic mass is 19.4. The van der Waals surface area contributed by atoms with Crippen LogP contribution < -0.4 is 0 Å². The van der Waals surface area contributed by atoms with Gasteiger partial charge in [0.05, 0.1) is 13.2 Å². The van der Waals surface area contributed by atoms with Gasteiger partial charge in [-0.25, -0.2) is 0 Å². The third-order valence-corrected chi connectivity index (χ3v) is 2.31. The predicted octanol–water partition coefficient (Wildman–Crippen LogP) is 1.74. The first-order valence-corrected chi connectivity index (χ1v) is 4.83. The molecule has 1 N–H and O–H groups in total. The van der Waals surface area contributed by atoms with Crippen molar-refractivity contribution in [2.45, 2.75) is 38.0 Å². The second-order valence-corrected chi connectivity index (χ2v) is 4.45. The van der Waals surface area contributed by atoms with Crippen LogP contribution in [0, 0.1) is 0 Å². The standard InChI is InChI=1S/C8H15BF3O3/c1-7(2)14-5-8(13,6-15-7)3-4-9(10,11)12/h13H,3-6H2,1-2H3/q-1. The third kappa shape index (κ3) is 4.40. The molecule has 0 radical (unpaired) electrons. The van der Waals surface area contributed by atoms with Gasteiger partial charge in [0.1, 0.15) is 5.60 Å². The number of hydrogen-bond donors (Lipinski definition) is 1. The molecule has 0 bridgehead atoms. The quantitative estimate of drug-likeness (QED) is 0.746. The molecule has 0 aromatic rings. The zero-order valence-electron chi connectivity index (χ0n) is 8.80. The zero-order valence-corrected chi connectivity index (χ0v) is 8.80. The smallest absolute Gasteiger partial charge is 0.449 e. The summed E-state index contributed by atoms with van der Waals surface area (Å²) in [5, 5.41) is 9.73. The SMILES string of the molecule is CC1(C)OCC(O)(CC[B-](F)(F)F)CO1. The zero-order chi connectivity index (χ0) is 11.7. The summed E-state index contributed by atoms with van der Waals surface area (Å²) < 4.78 is 46.2. The molecule has 0 saturated carbocycles. The molecule has 1 aliphatic heterocycles. The van der Waals surface area contributed by atoms with Crippen LogP contribution in [0.25, 0.3) is 0 Å². The number of rotatable bonds is 3. The maximum atomic E-state index is 12.0. The Bertz CT molecular complexity index is 220. The summed E-state index contributed by atoms with van der Waals surface area (Å²) in [7, 11) is 0. The summed E-state index contributed by atoms with van der Waals surface area (Å²) in [6.07, 6.45) is -1.34. The maximum absolute atomic E-state index is 12.0. The largest absolute Gasteiger partial charge is 0.478 e. The van der Waals surface area contributed by atoms with Crippen LogP contribution >= 0.6 is 0 Å². The number of ether oxygens (including phenoxy) is 2. The van der Waals surface area contributed by atoms with Gasteiger partial charge < -0.3 is 27.5 Å². The van der Waals surface area contributed by atoms with Crippen LogP contribution in [0.2, 0.25) is 6.32 Å². The fourth-order valence-electron chi connectivity index (χ4n) is 1.28. The molecule has 1 rings (SSSR count). The van der Waals surface area contributed by atoms with Gasteiger partial charge >= 0.3 is 6.98 Å². The molecule has 1 heterocycles. The van der Waals surface area contributed by atoms with E-state index in [1.807, 2.05) is 0 Å². The topological polar surface area (TPSA) is 38.7 Å². The van der Waals surface area contributed by atoms with E-state index in [1.54, 1.807) is 13.8 Å². The van der Waals surface area contributed by atoms with Crippen LogP contribution in [0.3, 0.4) is 0 Å². The Morgan fingerprint density at radius 2 is 1.67 bits per heavy atom. The van der Waals surface area contributed by atoms with Gasteiger partial charge in [0.15, 0.2) is 5.79 Å². The average Bonchev–Trinajstić information content (AvgIpc) is 2.07. The Morgan fingerprint density at radius 1 is 1.20 bits per heavy atom. The Kier molecular flexibility index (Phi) is 3.37. The molecule has 1 fully saturated rings. The van der Waals surface area contributed by atoms with Gasteiger partial charge in [0.25, 0.3) is 0 Å². The lowest BCUT2D eigenvalue weighted by molar-refractivity contribution is -0.301. The van der Waals surface area contributed by atoms with Crippen LogP contribution in [0.4, 0.5) is 12.9 Å². The number of aliphatic hydroxyl groups is 1. The molecular formula is C8H15BF3O3-. The van der Waals surface area contributed by atoms with Crippen molar-refractivity contribution in [2.24, 2.45) is 0 Å². The molecule has 7 heteroatoms. The lowest BCUT2D eigenvalue weighted by Gasteiger charge is -2.41. The summed E-state index contributed by atoms with van der Waals surface area (Å²) in [5.41, 5.74) is -1.51. The minimum absolute atomic E-state index is 0.119. The normalized spacial score (nSPS) is 25.2. The fourth-order valence-corrected chi connectivity index (χ4v) is 1.28. The van der Waals surface area contributed by atoms with Crippen LogP contribution in [0.15, 0.2) is 0 Å². The van der Waals surface area contributed by atoms with Gasteiger partial charge in [0.2, 0.25) is 0 Å². The van der Waals surface area contributed by atoms with E-state index >= 15 is 0 Å². The van der Waals surface area contributed by atoms with Gasteiger partial charge in [-0.15, -0.1) is 0 Å². The Balaban J connectivity index is 2.42. The molecule has 0 amide bonds. The molecule has 1 aliphatic rings. The van der Waals surface area contributed by atoms with E-state index in [-0.39, 0.29) is 19.6 Å². The van der Waals surface area contributed by atoms with Crippen molar-refractivity contribution < 1.29 is 27.5 Å². The first kappa shape index (κ1) is 12.8. The first-order chi connectivity index (χ1) is 6.62. The van der Waals surface area contributed by atoms with E-state index in [0.29, 0.717) is 0 Å². The minimum Gasteiger partial charge on any atom is -0.449 e. The number of hydrogen-bond acceptors (Lipinski definition) is 3. The molecule has 3 nitrogen and oxygen atoms in total. The second-order valence-electron chi connectivity index (χ2n) is 4.45. The van der Waals surface area contributed by atoms with E-state index in [1.165, 1.54) is 0 Å². The summed E-state index contributed by atoms with van der Waals surface area (Å²) in [4.78, 5) is 0. The van der Waals surface area contributed by atoms with E-state index < -0.39 is 24.7 Å². The highest BCUT2D eigenvalue weighted by molar-refractivity contribution is 6.58. The molecule has 0 unspecified atom stereocenters. The van der Waals surface area contributed by atoms with E-state index in [9.17, 15) is 18.1 Å². The third-order valence-electron chi connectivity index (χ3n) is 2.31. The summed E-state index contributed by atoms with van der Waals surface area (Å²) >= 11 is 0. The van der Waals surface area contributed by atoms with E-state index in [0.717, 1.165) is 0 Å². The van der Waals surface area contributed by atoms with Crippen molar-refractivity contribution in [2.75, 3.05) is 13.2 Å². The number of halogens is 3. The second kappa shape index (κ2) is 3.95. The van der Waals surface area contributed by atoms with Crippen molar-refractivity contribution in [3.05, 3.63) is 0 Å². The minimum atomic E-state index is -4.86. The Labute approximate surface area is 86.6 Å². The van der Waals surface area contributed by atoms with Gasteiger partial charge in [-0.05, 0) is 20.3 Å². The highest BCUT2D eigenvalue weighted by Gasteiger charge is 2.39. The van der Waals surface area contributed by atoms with Gasteiger partial charge in [-0.2, -0.15) is 0 Å². The molecule has 0 aromatic carbocycles. The monoisotopic (exact) mass is 227 g/mol. The van der Waals surface area contributed by atoms with Crippen molar-refractivity contribution >= 4 is 6.98 Å². The van der Waals surface area contributed by atoms with E-state index in [4.69, 9.17) is 9.47 Å². The van der Waals surface area contributed by atoms with Gasteiger partial charge in [-0.3, -0.25) is 0 Å². The average molecular weight is 227 g/mol. The maximum Gasteiger partial charge on any atom is 0.478 e. The van der Waals surface area contributed by atoms with Crippen molar-refractivity contribution in [1.82, 2.24) is 0 Å². The summed E-state index contributed by atoms with van der Waals surface area (Å²) in [6, 6.07) is 0. The summed E-state index contributed by atoms with van der Waals surface area (Å²) in [5.74, 6) is -0.824. The molecule has 90 valence electrons. The van der Waals surface area contributed by atoms with Crippen LogP contribution in [-0.4, -0.2) is 36.7 Å². The molecule has 0 aliphatic carbocycles. The van der Waals surface area contributed by atoms with Crippen LogP contribution in [0.1, 0.15) is 20.3 Å². The fraction of sp³-hybridized carbons (Fsp3) is 1.00. The predicted molar refractivity (Wildman–Crippen MR) is 49.4 cm³/mol. The Hall–Kier alpha value is -0.265. The van der Waals surface area contributed by atoms with Crippen molar-refractivity contribution in [3.63, 3.8) is 0 Å². The van der Waals surface area contributed by atoms with Crippen LogP contribution in [0.5, 0.6) is 0 Å². The van der Waals surface area contributed by atoms with Crippen molar-refractivity contribution in [3.8, 4) is 0 Å². The molecule has 0 aromatic heterocycles. The molecule has 1 saturated heterocycles. The molecule has 15 heavy (non-hydrogen) atoms. The lowest BCUT2D eigenvalue weighted by Crippen LogP contribution is -2.51. The van der Waals surface area contributed by atoms with Gasteiger partial charge in [0, 0.05) is 0 Å². The molecular weight excluding hydrogens is 212 g/mol.